The maximum absolute atomic E-state index is 12.7. The Labute approximate surface area is 58.2 Å². The highest BCUT2D eigenvalue weighted by molar-refractivity contribution is 6.50. The van der Waals surface area contributed by atoms with E-state index in [1.54, 1.807) is 0 Å². The molecule has 1 aliphatic rings. The minimum atomic E-state index is -1.35. The maximum atomic E-state index is 12.7. The molecule has 1 rings (SSSR count). The predicted molar refractivity (Wildman–Crippen MR) is 39.6 cm³/mol. The quantitative estimate of drug-likeness (QED) is 0.363. The van der Waals surface area contributed by atoms with Gasteiger partial charge in [-0.2, -0.15) is 0 Å². The van der Waals surface area contributed by atoms with Gasteiger partial charge in [0.1, 0.15) is 0 Å². The van der Waals surface area contributed by atoms with Gasteiger partial charge in [-0.3, -0.25) is 0 Å². The SMILES string of the molecule is F[Si]1CCCCCCC1. The third-order valence-corrected chi connectivity index (χ3v) is 3.69. The smallest absolute Gasteiger partial charge is 0.271 e. The second kappa shape index (κ2) is 4.04. The standard InChI is InChI=1S/C7H14FSi/c8-9-6-4-2-1-3-5-7-9/h1-7H2. The van der Waals surface area contributed by atoms with Crippen molar-refractivity contribution in [3.63, 3.8) is 0 Å². The minimum absolute atomic E-state index is 0.921. The van der Waals surface area contributed by atoms with E-state index in [0.717, 1.165) is 24.9 Å². The molecule has 1 aliphatic heterocycles. The first-order valence-corrected chi connectivity index (χ1v) is 5.69. The van der Waals surface area contributed by atoms with Gasteiger partial charge in [0.05, 0.1) is 0 Å². The van der Waals surface area contributed by atoms with Crippen LogP contribution in [-0.4, -0.2) is 9.13 Å². The molecule has 0 aromatic carbocycles. The van der Waals surface area contributed by atoms with E-state index in [9.17, 15) is 4.11 Å². The highest BCUT2D eigenvalue weighted by atomic mass is 28.3. The molecule has 0 bridgehead atoms. The lowest BCUT2D eigenvalue weighted by atomic mass is 10.2. The normalized spacial score (nSPS) is 25.0. The van der Waals surface area contributed by atoms with Crippen molar-refractivity contribution >= 4 is 9.13 Å². The number of halogens is 1. The van der Waals surface area contributed by atoms with E-state index in [1.165, 1.54) is 19.3 Å². The van der Waals surface area contributed by atoms with Crippen molar-refractivity contribution in [2.24, 2.45) is 0 Å². The van der Waals surface area contributed by atoms with Gasteiger partial charge in [-0.1, -0.05) is 32.1 Å². The third kappa shape index (κ3) is 2.99. The van der Waals surface area contributed by atoms with Gasteiger partial charge in [-0.25, -0.2) is 0 Å². The molecule has 2 heteroatoms. The Morgan fingerprint density at radius 3 is 1.78 bits per heavy atom. The number of hydrogen-bond acceptors (Lipinski definition) is 0. The van der Waals surface area contributed by atoms with Crippen molar-refractivity contribution in [1.82, 2.24) is 0 Å². The molecule has 0 amide bonds. The van der Waals surface area contributed by atoms with Crippen LogP contribution in [0.1, 0.15) is 32.1 Å². The van der Waals surface area contributed by atoms with Crippen molar-refractivity contribution < 1.29 is 4.11 Å². The molecule has 0 atom stereocenters. The Hall–Kier alpha value is 0.147. The first-order valence-electron chi connectivity index (χ1n) is 3.90. The van der Waals surface area contributed by atoms with Crippen LogP contribution < -0.4 is 0 Å². The fourth-order valence-corrected chi connectivity index (χ4v) is 2.81. The Balaban J connectivity index is 2.12. The van der Waals surface area contributed by atoms with E-state index in [2.05, 4.69) is 0 Å². The van der Waals surface area contributed by atoms with Crippen LogP contribution >= 0.6 is 0 Å². The molecule has 0 nitrogen and oxygen atoms in total. The zero-order valence-electron chi connectivity index (χ0n) is 5.83. The first kappa shape index (κ1) is 7.26. The third-order valence-electron chi connectivity index (χ3n) is 1.90. The molecular weight excluding hydrogens is 131 g/mol. The van der Waals surface area contributed by atoms with Crippen LogP contribution in [0.25, 0.3) is 0 Å². The van der Waals surface area contributed by atoms with Crippen molar-refractivity contribution in [2.45, 2.75) is 44.2 Å². The summed E-state index contributed by atoms with van der Waals surface area (Å²) in [6.07, 6.45) is 6.21. The van der Waals surface area contributed by atoms with Gasteiger partial charge in [0.15, 0.2) is 0 Å². The molecule has 9 heavy (non-hydrogen) atoms. The van der Waals surface area contributed by atoms with Crippen molar-refractivity contribution in [2.75, 3.05) is 0 Å². The largest absolute Gasteiger partial charge is 0.314 e. The number of rotatable bonds is 0. The second-order valence-corrected chi connectivity index (χ2v) is 4.82. The van der Waals surface area contributed by atoms with E-state index >= 15 is 0 Å². The van der Waals surface area contributed by atoms with Crippen LogP contribution in [0.15, 0.2) is 0 Å². The Kier molecular flexibility index (Phi) is 3.26. The van der Waals surface area contributed by atoms with E-state index in [-0.39, 0.29) is 0 Å². The van der Waals surface area contributed by atoms with Gasteiger partial charge in [0, 0.05) is 0 Å². The molecule has 1 saturated heterocycles. The summed E-state index contributed by atoms with van der Waals surface area (Å²) in [6.45, 7) is 0. The molecule has 0 spiro atoms. The molecule has 0 saturated carbocycles. The fourth-order valence-electron chi connectivity index (χ4n) is 1.29. The molecule has 53 valence electrons. The molecule has 1 heterocycles. The summed E-state index contributed by atoms with van der Waals surface area (Å²) < 4.78 is 12.7. The first-order chi connectivity index (χ1) is 4.39. The van der Waals surface area contributed by atoms with Crippen molar-refractivity contribution in [3.8, 4) is 0 Å². The summed E-state index contributed by atoms with van der Waals surface area (Å²) in [5.41, 5.74) is 0. The Morgan fingerprint density at radius 2 is 1.22 bits per heavy atom. The van der Waals surface area contributed by atoms with E-state index in [0.29, 0.717) is 0 Å². The summed E-state index contributed by atoms with van der Waals surface area (Å²) in [5.74, 6) is 0. The molecule has 0 aromatic rings. The van der Waals surface area contributed by atoms with Gasteiger partial charge in [-0.05, 0) is 12.1 Å². The monoisotopic (exact) mass is 145 g/mol. The van der Waals surface area contributed by atoms with Crippen LogP contribution in [-0.2, 0) is 0 Å². The van der Waals surface area contributed by atoms with Crippen LogP contribution in [0.2, 0.25) is 12.1 Å². The van der Waals surface area contributed by atoms with E-state index in [4.69, 9.17) is 0 Å². The van der Waals surface area contributed by atoms with Crippen molar-refractivity contribution in [3.05, 3.63) is 0 Å². The highest BCUT2D eigenvalue weighted by Crippen LogP contribution is 2.17. The summed E-state index contributed by atoms with van der Waals surface area (Å²) in [5, 5.41) is 0. The molecule has 1 fully saturated rings. The molecular formula is C7H14FSi. The molecule has 0 aliphatic carbocycles. The molecule has 0 aromatic heterocycles. The van der Waals surface area contributed by atoms with E-state index in [1.807, 2.05) is 0 Å². The average molecular weight is 145 g/mol. The van der Waals surface area contributed by atoms with Crippen LogP contribution in [0.3, 0.4) is 0 Å². The highest BCUT2D eigenvalue weighted by Gasteiger charge is 2.11. The van der Waals surface area contributed by atoms with Crippen LogP contribution in [0, 0.1) is 0 Å². The van der Waals surface area contributed by atoms with Crippen LogP contribution in [0.4, 0.5) is 4.11 Å². The topological polar surface area (TPSA) is 0 Å². The zero-order valence-corrected chi connectivity index (χ0v) is 6.83. The van der Waals surface area contributed by atoms with Gasteiger partial charge in [0.2, 0.25) is 0 Å². The summed E-state index contributed by atoms with van der Waals surface area (Å²) in [4.78, 5) is 0. The fraction of sp³-hybridized carbons (Fsp3) is 1.00. The minimum Gasteiger partial charge on any atom is -0.314 e. The van der Waals surface area contributed by atoms with Gasteiger partial charge in [-0.15, -0.1) is 0 Å². The molecule has 1 radical (unpaired) electrons. The average Bonchev–Trinajstić information content (AvgIpc) is 1.79. The van der Waals surface area contributed by atoms with Crippen molar-refractivity contribution in [1.29, 1.82) is 0 Å². The second-order valence-electron chi connectivity index (χ2n) is 2.79. The van der Waals surface area contributed by atoms with E-state index < -0.39 is 9.13 Å². The maximum Gasteiger partial charge on any atom is 0.271 e. The van der Waals surface area contributed by atoms with Gasteiger partial charge in [0.25, 0.3) is 9.13 Å². The van der Waals surface area contributed by atoms with Crippen LogP contribution in [0.5, 0.6) is 0 Å². The molecule has 0 unspecified atom stereocenters. The Morgan fingerprint density at radius 1 is 0.778 bits per heavy atom. The lowest BCUT2D eigenvalue weighted by molar-refractivity contribution is 0.612. The zero-order chi connectivity index (χ0) is 6.53. The van der Waals surface area contributed by atoms with Gasteiger partial charge < -0.3 is 4.11 Å². The number of hydrogen-bond donors (Lipinski definition) is 0. The summed E-state index contributed by atoms with van der Waals surface area (Å²) in [7, 11) is -1.35. The summed E-state index contributed by atoms with van der Waals surface area (Å²) >= 11 is 0. The molecule has 0 N–H and O–H groups in total. The summed E-state index contributed by atoms with van der Waals surface area (Å²) in [6, 6.07) is 1.84. The predicted octanol–water partition coefficient (Wildman–Crippen LogP) is 2.91. The lowest BCUT2D eigenvalue weighted by Gasteiger charge is -2.08. The van der Waals surface area contributed by atoms with Gasteiger partial charge >= 0.3 is 0 Å². The lowest BCUT2D eigenvalue weighted by Crippen LogP contribution is -2.06. The Bertz CT molecular complexity index is 67.3.